The van der Waals surface area contributed by atoms with E-state index in [-0.39, 0.29) is 0 Å². The first-order chi connectivity index (χ1) is 9.06. The third kappa shape index (κ3) is 3.34. The molecule has 100 valence electrons. The second kappa shape index (κ2) is 5.56. The summed E-state index contributed by atoms with van der Waals surface area (Å²) in [5.41, 5.74) is 0.912. The second-order valence-corrected chi connectivity index (χ2v) is 4.35. The largest absolute Gasteiger partial charge is 0.442 e. The van der Waals surface area contributed by atoms with Gasteiger partial charge in [0.25, 0.3) is 6.01 Å². The summed E-state index contributed by atoms with van der Waals surface area (Å²) in [5.74, 6) is 2.15. The van der Waals surface area contributed by atoms with Gasteiger partial charge in [0, 0.05) is 20.2 Å². The van der Waals surface area contributed by atoms with E-state index in [1.165, 1.54) is 0 Å². The summed E-state index contributed by atoms with van der Waals surface area (Å²) in [6, 6.07) is 0.586. The topological polar surface area (TPSA) is 55.3 Å². The highest BCUT2D eigenvalue weighted by Crippen LogP contribution is 2.13. The fourth-order valence-electron chi connectivity index (χ4n) is 1.42. The molecule has 0 saturated carbocycles. The Balaban J connectivity index is 1.99. The Kier molecular flexibility index (Phi) is 3.85. The van der Waals surface area contributed by atoms with E-state index < -0.39 is 0 Å². The van der Waals surface area contributed by atoms with Crippen LogP contribution in [0.3, 0.4) is 0 Å². The summed E-state index contributed by atoms with van der Waals surface area (Å²) in [6.45, 7) is 3.82. The van der Waals surface area contributed by atoms with Gasteiger partial charge in [0.05, 0.1) is 11.9 Å². The Morgan fingerprint density at radius 1 is 1.11 bits per heavy atom. The average molecular weight is 259 g/mol. The zero-order chi connectivity index (χ0) is 13.8. The minimum atomic E-state index is 0.586. The summed E-state index contributed by atoms with van der Waals surface area (Å²) in [4.78, 5) is 10.2. The highest BCUT2D eigenvalue weighted by molar-refractivity contribution is 5.51. The molecule has 2 aromatic rings. The number of aryl methyl sites for hydroxylation is 2. The van der Waals surface area contributed by atoms with E-state index in [0.29, 0.717) is 17.7 Å². The predicted molar refractivity (Wildman–Crippen MR) is 74.9 cm³/mol. The van der Waals surface area contributed by atoms with Gasteiger partial charge in [-0.25, -0.2) is 9.97 Å². The summed E-state index contributed by atoms with van der Waals surface area (Å²) in [7, 11) is 3.76. The molecule has 0 saturated heterocycles. The zero-order valence-corrected chi connectivity index (χ0v) is 11.5. The van der Waals surface area contributed by atoms with E-state index in [1.807, 2.05) is 51.1 Å². The predicted octanol–water partition coefficient (Wildman–Crippen LogP) is 3.07. The van der Waals surface area contributed by atoms with Crippen LogP contribution in [0.5, 0.6) is 0 Å². The molecule has 2 heterocycles. The van der Waals surface area contributed by atoms with Gasteiger partial charge in [0.1, 0.15) is 11.5 Å². The van der Waals surface area contributed by atoms with Gasteiger partial charge in [-0.2, -0.15) is 0 Å². The number of rotatable bonds is 4. The van der Waals surface area contributed by atoms with Crippen molar-refractivity contribution in [2.24, 2.45) is 0 Å². The van der Waals surface area contributed by atoms with Crippen molar-refractivity contribution in [1.29, 1.82) is 0 Å². The molecule has 0 N–H and O–H groups in total. The van der Waals surface area contributed by atoms with Crippen LogP contribution >= 0.6 is 0 Å². The molecule has 0 amide bonds. The van der Waals surface area contributed by atoms with Gasteiger partial charge in [-0.3, -0.25) is 0 Å². The van der Waals surface area contributed by atoms with Crippen LogP contribution in [-0.4, -0.2) is 24.1 Å². The maximum absolute atomic E-state index is 5.48. The Hall–Kier alpha value is -2.30. The first kappa shape index (κ1) is 13.1. The van der Waals surface area contributed by atoms with Crippen molar-refractivity contribution in [2.45, 2.75) is 13.8 Å². The summed E-state index contributed by atoms with van der Waals surface area (Å²) < 4.78 is 10.9. The van der Waals surface area contributed by atoms with Crippen LogP contribution in [0.1, 0.15) is 23.1 Å². The van der Waals surface area contributed by atoms with E-state index in [1.54, 1.807) is 12.3 Å². The van der Waals surface area contributed by atoms with Crippen molar-refractivity contribution < 1.29 is 8.83 Å². The van der Waals surface area contributed by atoms with Crippen LogP contribution in [0.15, 0.2) is 27.2 Å². The van der Waals surface area contributed by atoms with Crippen LogP contribution in [0.4, 0.5) is 6.01 Å². The lowest BCUT2D eigenvalue weighted by atomic mass is 10.4. The molecule has 0 radical (unpaired) electrons. The first-order valence-electron chi connectivity index (χ1n) is 5.98. The van der Waals surface area contributed by atoms with Crippen molar-refractivity contribution in [3.63, 3.8) is 0 Å². The molecule has 0 aliphatic heterocycles. The Bertz CT molecular complexity index is 586. The lowest BCUT2D eigenvalue weighted by Crippen LogP contribution is -2.08. The van der Waals surface area contributed by atoms with Crippen LogP contribution in [0, 0.1) is 13.8 Å². The van der Waals surface area contributed by atoms with E-state index >= 15 is 0 Å². The number of hydrogen-bond donors (Lipinski definition) is 0. The van der Waals surface area contributed by atoms with Crippen LogP contribution in [0.2, 0.25) is 0 Å². The number of allylic oxidation sites excluding steroid dienone is 2. The fraction of sp³-hybridized carbons (Fsp3) is 0.286. The molecule has 0 atom stereocenters. The smallest absolute Gasteiger partial charge is 0.297 e. The molecule has 0 aliphatic carbocycles. The Morgan fingerprint density at radius 3 is 2.42 bits per heavy atom. The molecule has 19 heavy (non-hydrogen) atoms. The number of nitrogens with zero attached hydrogens (tertiary/aromatic N) is 3. The highest BCUT2D eigenvalue weighted by Gasteiger charge is 2.02. The SMILES string of the molecule is Cc1nc(C=CC=Cc2cnc(N(C)C)o2)oc1C. The van der Waals surface area contributed by atoms with E-state index in [4.69, 9.17) is 8.83 Å². The van der Waals surface area contributed by atoms with Gasteiger partial charge >= 0.3 is 0 Å². The van der Waals surface area contributed by atoms with Gasteiger partial charge in [-0.05, 0) is 19.9 Å². The van der Waals surface area contributed by atoms with E-state index in [0.717, 1.165) is 11.5 Å². The van der Waals surface area contributed by atoms with Gasteiger partial charge in [-0.15, -0.1) is 0 Å². The van der Waals surface area contributed by atoms with Crippen molar-refractivity contribution in [1.82, 2.24) is 9.97 Å². The molecule has 2 aromatic heterocycles. The van der Waals surface area contributed by atoms with Gasteiger partial charge in [-0.1, -0.05) is 12.2 Å². The van der Waals surface area contributed by atoms with E-state index in [9.17, 15) is 0 Å². The molecule has 0 aromatic carbocycles. The number of oxazole rings is 2. The number of aromatic nitrogens is 2. The Labute approximate surface area is 112 Å². The first-order valence-corrected chi connectivity index (χ1v) is 5.98. The monoisotopic (exact) mass is 259 g/mol. The summed E-state index contributed by atoms with van der Waals surface area (Å²) >= 11 is 0. The maximum Gasteiger partial charge on any atom is 0.297 e. The quantitative estimate of drug-likeness (QED) is 0.790. The zero-order valence-electron chi connectivity index (χ0n) is 11.5. The fourth-order valence-corrected chi connectivity index (χ4v) is 1.42. The van der Waals surface area contributed by atoms with Crippen molar-refractivity contribution in [2.75, 3.05) is 19.0 Å². The van der Waals surface area contributed by atoms with Gasteiger partial charge in [0.2, 0.25) is 5.89 Å². The van der Waals surface area contributed by atoms with Gasteiger partial charge in [0.15, 0.2) is 0 Å². The molecule has 0 aliphatic rings. The molecule has 2 rings (SSSR count). The summed E-state index contributed by atoms with van der Waals surface area (Å²) in [6.07, 6.45) is 9.02. The molecule has 0 unspecified atom stereocenters. The lowest BCUT2D eigenvalue weighted by Gasteiger charge is -2.03. The van der Waals surface area contributed by atoms with Crippen molar-refractivity contribution >= 4 is 18.2 Å². The van der Waals surface area contributed by atoms with Crippen molar-refractivity contribution in [3.8, 4) is 0 Å². The minimum Gasteiger partial charge on any atom is -0.442 e. The third-order valence-corrected chi connectivity index (χ3v) is 2.55. The highest BCUT2D eigenvalue weighted by atomic mass is 16.4. The summed E-state index contributed by atoms with van der Waals surface area (Å²) in [5, 5.41) is 0. The molecule has 5 nitrogen and oxygen atoms in total. The van der Waals surface area contributed by atoms with Crippen molar-refractivity contribution in [3.05, 3.63) is 41.5 Å². The molecule has 0 spiro atoms. The minimum absolute atomic E-state index is 0.586. The van der Waals surface area contributed by atoms with Crippen LogP contribution in [-0.2, 0) is 0 Å². The number of hydrogen-bond acceptors (Lipinski definition) is 5. The standard InChI is InChI=1S/C14H17N3O2/c1-10-11(2)18-13(16-10)8-6-5-7-12-9-15-14(19-12)17(3)4/h5-9H,1-4H3. The average Bonchev–Trinajstić information content (AvgIpc) is 2.93. The number of anilines is 1. The second-order valence-electron chi connectivity index (χ2n) is 4.35. The van der Waals surface area contributed by atoms with Crippen LogP contribution < -0.4 is 4.90 Å². The van der Waals surface area contributed by atoms with Gasteiger partial charge < -0.3 is 13.7 Å². The molecule has 5 heteroatoms. The lowest BCUT2D eigenvalue weighted by molar-refractivity contribution is 0.515. The normalized spacial score (nSPS) is 11.8. The maximum atomic E-state index is 5.48. The van der Waals surface area contributed by atoms with E-state index in [2.05, 4.69) is 9.97 Å². The Morgan fingerprint density at radius 2 is 1.84 bits per heavy atom. The molecule has 0 fully saturated rings. The molecule has 0 bridgehead atoms. The molecular formula is C14H17N3O2. The molecular weight excluding hydrogens is 242 g/mol. The third-order valence-electron chi connectivity index (χ3n) is 2.55. The van der Waals surface area contributed by atoms with Crippen LogP contribution in [0.25, 0.3) is 12.2 Å².